The molecular weight excluding hydrogens is 366 g/mol. The minimum Gasteiger partial charge on any atom is -0.393 e. The zero-order valence-electron chi connectivity index (χ0n) is 15.4. The first-order chi connectivity index (χ1) is 14.1. The highest BCUT2D eigenvalue weighted by Crippen LogP contribution is 2.47. The molecule has 2 bridgehead atoms. The number of piperidine rings is 1. The van der Waals surface area contributed by atoms with Crippen molar-refractivity contribution in [3.05, 3.63) is 83.9 Å². The second-order valence-electron chi connectivity index (χ2n) is 7.40. The quantitative estimate of drug-likeness (QED) is 0.328. The predicted molar refractivity (Wildman–Crippen MR) is 104 cm³/mol. The number of ether oxygens (including phenoxy) is 1. The Kier molecular flexibility index (Phi) is 4.06. The Bertz CT molecular complexity index is 1080. The Morgan fingerprint density at radius 2 is 1.52 bits per heavy atom. The first-order valence-electron chi connectivity index (χ1n) is 9.53. The van der Waals surface area contributed by atoms with Crippen molar-refractivity contribution in [1.82, 2.24) is 4.90 Å². The lowest BCUT2D eigenvalue weighted by Gasteiger charge is -2.49. The zero-order valence-corrected chi connectivity index (χ0v) is 15.4. The van der Waals surface area contributed by atoms with Crippen LogP contribution in [0, 0.1) is 29.6 Å². The summed E-state index contributed by atoms with van der Waals surface area (Å²) in [6.07, 6.45) is 3.75. The molecule has 3 aliphatic heterocycles. The van der Waals surface area contributed by atoms with Gasteiger partial charge in [0.25, 0.3) is 5.91 Å². The number of nitrogens with zero attached hydrogens (tertiary/aromatic N) is 1. The number of benzene rings is 2. The topological polar surface area (TPSA) is 63.7 Å². The molecule has 0 radical (unpaired) electrons. The van der Waals surface area contributed by atoms with Gasteiger partial charge in [-0.1, -0.05) is 60.4 Å². The maximum atomic E-state index is 13.4. The Morgan fingerprint density at radius 3 is 2.24 bits per heavy atom. The molecule has 6 rings (SSSR count). The van der Waals surface area contributed by atoms with Gasteiger partial charge in [-0.3, -0.25) is 14.4 Å². The van der Waals surface area contributed by atoms with E-state index in [1.165, 1.54) is 0 Å². The third-order valence-corrected chi connectivity index (χ3v) is 5.82. The average molecular weight is 383 g/mol. The van der Waals surface area contributed by atoms with E-state index in [0.717, 1.165) is 5.56 Å². The van der Waals surface area contributed by atoms with Crippen LogP contribution in [0.2, 0.25) is 0 Å². The molecule has 0 N–H and O–H groups in total. The van der Waals surface area contributed by atoms with Crippen molar-refractivity contribution in [2.75, 3.05) is 0 Å². The highest BCUT2D eigenvalue weighted by molar-refractivity contribution is 6.01. The van der Waals surface area contributed by atoms with E-state index in [9.17, 15) is 14.4 Å². The minimum atomic E-state index is -0.667. The maximum absolute atomic E-state index is 13.4. The summed E-state index contributed by atoms with van der Waals surface area (Å²) >= 11 is 0. The molecule has 5 unspecified atom stereocenters. The Labute approximate surface area is 168 Å². The number of carbonyl (C=O) groups is 3. The van der Waals surface area contributed by atoms with Crippen molar-refractivity contribution < 1.29 is 19.1 Å². The van der Waals surface area contributed by atoms with Crippen molar-refractivity contribution in [3.63, 3.8) is 0 Å². The number of hydrogen-bond acceptors (Lipinski definition) is 4. The molecule has 142 valence electrons. The van der Waals surface area contributed by atoms with Crippen LogP contribution in [0.1, 0.15) is 15.9 Å². The molecule has 4 aliphatic rings. The Balaban J connectivity index is 1.59. The van der Waals surface area contributed by atoms with Gasteiger partial charge in [-0.25, -0.2) is 0 Å². The number of carbonyl (C=O) groups excluding carboxylic acids is 3. The smallest absolute Gasteiger partial charge is 0.319 e. The zero-order chi connectivity index (χ0) is 20.0. The summed E-state index contributed by atoms with van der Waals surface area (Å²) in [6.45, 7) is 0. The largest absolute Gasteiger partial charge is 0.393 e. The lowest BCUT2D eigenvalue weighted by atomic mass is 9.66. The van der Waals surface area contributed by atoms with Gasteiger partial charge in [-0.15, -0.1) is 0 Å². The first-order valence-corrected chi connectivity index (χ1v) is 9.53. The second-order valence-corrected chi connectivity index (χ2v) is 7.40. The molecule has 1 amide bonds. The molecule has 3 heterocycles. The molecule has 1 aliphatic carbocycles. The molecular formula is C24H17NO4. The number of amides is 1. The summed E-state index contributed by atoms with van der Waals surface area (Å²) in [5.41, 5.74) is 1.35. The van der Waals surface area contributed by atoms with Crippen LogP contribution in [-0.2, 0) is 14.3 Å². The summed E-state index contributed by atoms with van der Waals surface area (Å²) in [4.78, 5) is 39.7. The van der Waals surface area contributed by atoms with Gasteiger partial charge in [0.1, 0.15) is 6.04 Å². The fourth-order valence-corrected chi connectivity index (χ4v) is 4.53. The van der Waals surface area contributed by atoms with Crippen molar-refractivity contribution in [2.45, 2.75) is 12.1 Å². The lowest BCUT2D eigenvalue weighted by molar-refractivity contribution is -0.153. The number of rotatable bonds is 1. The van der Waals surface area contributed by atoms with Gasteiger partial charge < -0.3 is 9.64 Å². The van der Waals surface area contributed by atoms with Gasteiger partial charge in [-0.2, -0.15) is 0 Å². The molecule has 2 aromatic rings. The van der Waals surface area contributed by atoms with E-state index in [2.05, 4.69) is 11.8 Å². The van der Waals surface area contributed by atoms with Crippen LogP contribution >= 0.6 is 0 Å². The van der Waals surface area contributed by atoms with Gasteiger partial charge in [0.15, 0.2) is 0 Å². The summed E-state index contributed by atoms with van der Waals surface area (Å²) in [5.74, 6) is 3.41. The van der Waals surface area contributed by atoms with Crippen LogP contribution in [0.15, 0.2) is 72.8 Å². The Morgan fingerprint density at radius 1 is 0.862 bits per heavy atom. The molecule has 2 aromatic carbocycles. The lowest BCUT2D eigenvalue weighted by Crippen LogP contribution is -2.62. The highest BCUT2D eigenvalue weighted by Gasteiger charge is 2.61. The fourth-order valence-electron chi connectivity index (χ4n) is 4.53. The van der Waals surface area contributed by atoms with Crippen LogP contribution in [0.25, 0.3) is 0 Å². The molecule has 0 spiro atoms. The molecule has 5 atom stereocenters. The van der Waals surface area contributed by atoms with Crippen molar-refractivity contribution in [3.8, 4) is 11.8 Å². The van der Waals surface area contributed by atoms with E-state index in [-0.39, 0.29) is 11.8 Å². The van der Waals surface area contributed by atoms with Crippen LogP contribution in [0.3, 0.4) is 0 Å². The number of hydrogen-bond donors (Lipinski definition) is 0. The van der Waals surface area contributed by atoms with Crippen molar-refractivity contribution >= 4 is 17.8 Å². The average Bonchev–Trinajstić information content (AvgIpc) is 3.08. The van der Waals surface area contributed by atoms with Crippen molar-refractivity contribution in [2.24, 2.45) is 17.8 Å². The van der Waals surface area contributed by atoms with Crippen LogP contribution in [0.4, 0.5) is 0 Å². The molecule has 29 heavy (non-hydrogen) atoms. The van der Waals surface area contributed by atoms with Gasteiger partial charge in [0.2, 0.25) is 0 Å². The van der Waals surface area contributed by atoms with E-state index >= 15 is 0 Å². The minimum absolute atomic E-state index is 0.206. The molecule has 2 fully saturated rings. The Hall–Kier alpha value is -3.65. The summed E-state index contributed by atoms with van der Waals surface area (Å²) in [5, 5.41) is 0. The van der Waals surface area contributed by atoms with Crippen LogP contribution in [-0.4, -0.2) is 34.8 Å². The first kappa shape index (κ1) is 17.4. The monoisotopic (exact) mass is 383 g/mol. The van der Waals surface area contributed by atoms with E-state index < -0.39 is 35.9 Å². The third kappa shape index (κ3) is 2.76. The summed E-state index contributed by atoms with van der Waals surface area (Å²) in [6, 6.07) is 17.3. The standard InChI is InChI=1S/C24H17NO4/c26-22(16-9-5-2-6-10-16)25-18(13-11-15-7-3-1-4-8-15)17-12-14-19(25)21-20(17)23(27)29-24(21)28/h1-10,12,14,17-21H. The number of cyclic esters (lactones) is 2. The van der Waals surface area contributed by atoms with Crippen LogP contribution in [0.5, 0.6) is 0 Å². The summed E-state index contributed by atoms with van der Waals surface area (Å²) < 4.78 is 4.93. The van der Waals surface area contributed by atoms with E-state index in [1.54, 1.807) is 29.2 Å². The van der Waals surface area contributed by atoms with Crippen molar-refractivity contribution in [1.29, 1.82) is 0 Å². The van der Waals surface area contributed by atoms with Gasteiger partial charge in [-0.05, 0) is 24.3 Å². The van der Waals surface area contributed by atoms with Crippen LogP contribution < -0.4 is 0 Å². The van der Waals surface area contributed by atoms with E-state index in [1.807, 2.05) is 48.6 Å². The van der Waals surface area contributed by atoms with E-state index in [4.69, 9.17) is 4.74 Å². The molecule has 0 saturated carbocycles. The number of esters is 2. The fraction of sp³-hybridized carbons (Fsp3) is 0.208. The van der Waals surface area contributed by atoms with Gasteiger partial charge >= 0.3 is 11.9 Å². The molecule has 5 heteroatoms. The second kappa shape index (κ2) is 6.75. The SMILES string of the molecule is O=C1OC(=O)C2C1C1C=CC2N(C(=O)c2ccccc2)C1C#Cc1ccccc1. The third-order valence-electron chi connectivity index (χ3n) is 5.82. The van der Waals surface area contributed by atoms with Gasteiger partial charge in [0, 0.05) is 17.0 Å². The summed E-state index contributed by atoms with van der Waals surface area (Å²) in [7, 11) is 0. The van der Waals surface area contributed by atoms with Gasteiger partial charge in [0.05, 0.1) is 17.9 Å². The van der Waals surface area contributed by atoms with E-state index in [0.29, 0.717) is 5.56 Å². The maximum Gasteiger partial charge on any atom is 0.319 e. The predicted octanol–water partition coefficient (Wildman–Crippen LogP) is 2.43. The highest BCUT2D eigenvalue weighted by atomic mass is 16.6. The number of fused-ring (bicyclic) bond motifs is 1. The normalized spacial score (nSPS) is 29.1. The molecule has 0 aromatic heterocycles. The molecule has 2 saturated heterocycles. The molecule has 5 nitrogen and oxygen atoms in total.